The van der Waals surface area contributed by atoms with E-state index in [1.807, 2.05) is 18.2 Å². The van der Waals surface area contributed by atoms with Crippen molar-refractivity contribution in [2.45, 2.75) is 0 Å². The van der Waals surface area contributed by atoms with Crippen LogP contribution in [0.5, 0.6) is 0 Å². The van der Waals surface area contributed by atoms with E-state index in [2.05, 4.69) is 35.9 Å². The molecule has 2 aromatic rings. The first-order valence-corrected chi connectivity index (χ1v) is 4.06. The van der Waals surface area contributed by atoms with E-state index in [1.165, 1.54) is 0 Å². The van der Waals surface area contributed by atoms with Crippen LogP contribution in [0.15, 0.2) is 33.6 Å². The van der Waals surface area contributed by atoms with Crippen molar-refractivity contribution in [1.82, 2.24) is 15.3 Å². The predicted octanol–water partition coefficient (Wildman–Crippen LogP) is 1.89. The summed E-state index contributed by atoms with van der Waals surface area (Å²) in [6, 6.07) is 5.55. The summed E-state index contributed by atoms with van der Waals surface area (Å²) in [5.41, 5.74) is 1.36. The summed E-state index contributed by atoms with van der Waals surface area (Å²) in [7, 11) is 0. The Morgan fingerprint density at radius 1 is 1.25 bits per heavy atom. The molecule has 0 aliphatic carbocycles. The summed E-state index contributed by atoms with van der Waals surface area (Å²) in [6.07, 6.45) is 1.69. The first-order chi connectivity index (χ1) is 5.88. The van der Waals surface area contributed by atoms with Crippen molar-refractivity contribution in [2.24, 2.45) is 0 Å². The molecule has 60 valence electrons. The minimum Gasteiger partial charge on any atom is -0.254 e. The molecule has 0 saturated heterocycles. The molecule has 0 aromatic carbocycles. The van der Waals surface area contributed by atoms with E-state index < -0.39 is 0 Å². The van der Waals surface area contributed by atoms with Gasteiger partial charge in [-0.2, -0.15) is 0 Å². The lowest BCUT2D eigenvalue weighted by Gasteiger charge is -1.90. The van der Waals surface area contributed by atoms with E-state index >= 15 is 0 Å². The van der Waals surface area contributed by atoms with Gasteiger partial charge >= 0.3 is 0 Å². The van der Waals surface area contributed by atoms with Crippen LogP contribution in [0.25, 0.3) is 11.4 Å². The second-order valence-electron chi connectivity index (χ2n) is 2.12. The van der Waals surface area contributed by atoms with Crippen molar-refractivity contribution in [3.05, 3.63) is 29.0 Å². The van der Waals surface area contributed by atoms with E-state index in [9.17, 15) is 0 Å². The topological polar surface area (TPSA) is 51.8 Å². The third-order valence-corrected chi connectivity index (χ3v) is 1.88. The van der Waals surface area contributed by atoms with Crippen molar-refractivity contribution < 1.29 is 4.63 Å². The molecule has 0 atom stereocenters. The summed E-state index contributed by atoms with van der Waals surface area (Å²) in [5, 5.41) is 7.27. The molecule has 2 aromatic heterocycles. The fourth-order valence-electron chi connectivity index (χ4n) is 0.833. The summed E-state index contributed by atoms with van der Waals surface area (Å²) < 4.78 is 5.08. The fourth-order valence-corrected chi connectivity index (χ4v) is 1.17. The smallest absolute Gasteiger partial charge is 0.179 e. The van der Waals surface area contributed by atoms with Gasteiger partial charge in [-0.15, -0.1) is 0 Å². The number of aromatic nitrogens is 3. The molecule has 4 nitrogen and oxygen atoms in total. The minimum absolute atomic E-state index is 0.571. The SMILES string of the molecule is Brc1nonc1-c1ccccn1. The standard InChI is InChI=1S/C7H4BrN3O/c8-7-6(10-12-11-7)5-3-1-2-4-9-5/h1-4H. The minimum atomic E-state index is 0.571. The average molecular weight is 226 g/mol. The van der Waals surface area contributed by atoms with Gasteiger partial charge in [-0.3, -0.25) is 4.98 Å². The Bertz CT molecular complexity index is 373. The van der Waals surface area contributed by atoms with E-state index in [0.717, 1.165) is 5.69 Å². The third-order valence-electron chi connectivity index (χ3n) is 1.36. The maximum atomic E-state index is 4.51. The Morgan fingerprint density at radius 3 is 2.75 bits per heavy atom. The molecule has 5 heteroatoms. The van der Waals surface area contributed by atoms with Crippen LogP contribution in [0.3, 0.4) is 0 Å². The monoisotopic (exact) mass is 225 g/mol. The molecule has 0 fully saturated rings. The summed E-state index contributed by atoms with van der Waals surface area (Å²) in [4.78, 5) is 4.09. The molecule has 0 radical (unpaired) electrons. The number of halogens is 1. The van der Waals surface area contributed by atoms with Gasteiger partial charge in [-0.1, -0.05) is 6.07 Å². The molecule has 12 heavy (non-hydrogen) atoms. The number of pyridine rings is 1. The van der Waals surface area contributed by atoms with Crippen molar-refractivity contribution in [1.29, 1.82) is 0 Å². The van der Waals surface area contributed by atoms with Gasteiger partial charge in [0, 0.05) is 6.20 Å². The zero-order valence-electron chi connectivity index (χ0n) is 5.94. The highest BCUT2D eigenvalue weighted by molar-refractivity contribution is 9.10. The normalized spacial score (nSPS) is 10.1. The van der Waals surface area contributed by atoms with Gasteiger partial charge in [0.1, 0.15) is 0 Å². The van der Waals surface area contributed by atoms with Crippen molar-refractivity contribution in [2.75, 3.05) is 0 Å². The quantitative estimate of drug-likeness (QED) is 0.744. The van der Waals surface area contributed by atoms with Crippen LogP contribution < -0.4 is 0 Å². The zero-order chi connectivity index (χ0) is 8.39. The molecule has 0 aliphatic rings. The number of rotatable bonds is 1. The van der Waals surface area contributed by atoms with E-state index in [1.54, 1.807) is 6.20 Å². The summed E-state index contributed by atoms with van der Waals surface area (Å²) in [5.74, 6) is 0. The van der Waals surface area contributed by atoms with Crippen molar-refractivity contribution in [3.63, 3.8) is 0 Å². The van der Waals surface area contributed by atoms with Crippen LogP contribution in [0.2, 0.25) is 0 Å². The Labute approximate surface area is 76.7 Å². The van der Waals surface area contributed by atoms with Crippen LogP contribution in [0.4, 0.5) is 0 Å². The van der Waals surface area contributed by atoms with Crippen molar-refractivity contribution in [3.8, 4) is 11.4 Å². The van der Waals surface area contributed by atoms with Gasteiger partial charge in [0.05, 0.1) is 5.69 Å². The average Bonchev–Trinajstić information content (AvgIpc) is 2.53. The predicted molar refractivity (Wildman–Crippen MR) is 45.2 cm³/mol. The van der Waals surface area contributed by atoms with Gasteiger partial charge in [0.15, 0.2) is 10.3 Å². The van der Waals surface area contributed by atoms with Crippen LogP contribution in [-0.2, 0) is 0 Å². The van der Waals surface area contributed by atoms with E-state index in [4.69, 9.17) is 0 Å². The lowest BCUT2D eigenvalue weighted by Crippen LogP contribution is -1.81. The molecule has 2 heterocycles. The third kappa shape index (κ3) is 1.23. The number of nitrogens with zero attached hydrogens (tertiary/aromatic N) is 3. The number of hydrogen-bond donors (Lipinski definition) is 0. The van der Waals surface area contributed by atoms with Gasteiger partial charge in [-0.25, -0.2) is 4.63 Å². The molecular weight excluding hydrogens is 222 g/mol. The van der Waals surface area contributed by atoms with Crippen LogP contribution in [-0.4, -0.2) is 15.3 Å². The largest absolute Gasteiger partial charge is 0.254 e. The molecule has 0 bridgehead atoms. The Balaban J connectivity index is 2.51. The first-order valence-electron chi connectivity index (χ1n) is 3.27. The maximum absolute atomic E-state index is 4.51. The molecule has 0 amide bonds. The number of hydrogen-bond acceptors (Lipinski definition) is 4. The van der Waals surface area contributed by atoms with Crippen molar-refractivity contribution >= 4 is 15.9 Å². The van der Waals surface area contributed by atoms with Gasteiger partial charge in [0.2, 0.25) is 0 Å². The molecule has 0 spiro atoms. The lowest BCUT2D eigenvalue weighted by atomic mass is 10.3. The van der Waals surface area contributed by atoms with Crippen LogP contribution >= 0.6 is 15.9 Å². The first kappa shape index (κ1) is 7.42. The highest BCUT2D eigenvalue weighted by Crippen LogP contribution is 2.21. The fraction of sp³-hybridized carbons (Fsp3) is 0. The summed E-state index contributed by atoms with van der Waals surface area (Å²) in [6.45, 7) is 0. The second-order valence-corrected chi connectivity index (χ2v) is 2.87. The van der Waals surface area contributed by atoms with Gasteiger partial charge in [-0.05, 0) is 38.4 Å². The zero-order valence-corrected chi connectivity index (χ0v) is 7.52. The van der Waals surface area contributed by atoms with Gasteiger partial charge < -0.3 is 0 Å². The summed E-state index contributed by atoms with van der Waals surface area (Å²) >= 11 is 3.20. The Kier molecular flexibility index (Phi) is 1.87. The van der Waals surface area contributed by atoms with Crippen LogP contribution in [0, 0.1) is 0 Å². The maximum Gasteiger partial charge on any atom is 0.179 e. The van der Waals surface area contributed by atoms with E-state index in [-0.39, 0.29) is 0 Å². The molecule has 0 unspecified atom stereocenters. The lowest BCUT2D eigenvalue weighted by molar-refractivity contribution is 0.306. The highest BCUT2D eigenvalue weighted by atomic mass is 79.9. The van der Waals surface area contributed by atoms with Gasteiger partial charge in [0.25, 0.3) is 0 Å². The second kappa shape index (κ2) is 3.02. The molecular formula is C7H4BrN3O. The highest BCUT2D eigenvalue weighted by Gasteiger charge is 2.09. The molecule has 0 aliphatic heterocycles. The Hall–Kier alpha value is -1.23. The van der Waals surface area contributed by atoms with Crippen LogP contribution in [0.1, 0.15) is 0 Å². The molecule has 2 rings (SSSR count). The Morgan fingerprint density at radius 2 is 2.17 bits per heavy atom. The molecule has 0 saturated carbocycles. The molecule has 0 N–H and O–H groups in total. The van der Waals surface area contributed by atoms with E-state index in [0.29, 0.717) is 10.3 Å².